The number of benzene rings is 2. The Labute approximate surface area is 158 Å². The Bertz CT molecular complexity index is 1120. The summed E-state index contributed by atoms with van der Waals surface area (Å²) in [5.41, 5.74) is 1.32. The molecule has 0 radical (unpaired) electrons. The van der Waals surface area contributed by atoms with E-state index in [2.05, 4.69) is 20.3 Å². The Kier molecular flexibility index (Phi) is 4.63. The number of pyridine rings is 1. The maximum Gasteiger partial charge on any atom is 0.343 e. The molecule has 0 aliphatic heterocycles. The van der Waals surface area contributed by atoms with Gasteiger partial charge in [-0.25, -0.2) is 9.97 Å². The first kappa shape index (κ1) is 16.9. The largest absolute Gasteiger partial charge is 0.343 e. The molecule has 0 atom stereocenters. The van der Waals surface area contributed by atoms with Gasteiger partial charge in [-0.15, -0.1) is 0 Å². The number of nitrogens with one attached hydrogen (secondary N) is 1. The minimum Gasteiger partial charge on any atom is -0.334 e. The van der Waals surface area contributed by atoms with E-state index >= 15 is 0 Å². The van der Waals surface area contributed by atoms with Gasteiger partial charge in [0.15, 0.2) is 5.03 Å². The summed E-state index contributed by atoms with van der Waals surface area (Å²) in [6.45, 7) is 0. The zero-order valence-corrected chi connectivity index (χ0v) is 14.8. The highest BCUT2D eigenvalue weighted by Crippen LogP contribution is 2.38. The van der Waals surface area contributed by atoms with Crippen LogP contribution in [0.3, 0.4) is 0 Å². The summed E-state index contributed by atoms with van der Waals surface area (Å²) < 4.78 is 0. The van der Waals surface area contributed by atoms with Crippen LogP contribution in [0.2, 0.25) is 0 Å². The molecule has 2 aromatic carbocycles. The summed E-state index contributed by atoms with van der Waals surface area (Å²) in [7, 11) is 0. The zero-order chi connectivity index (χ0) is 18.6. The molecule has 8 heteroatoms. The highest BCUT2D eigenvalue weighted by Gasteiger charge is 2.24. The van der Waals surface area contributed by atoms with Crippen LogP contribution >= 0.6 is 11.8 Å². The van der Waals surface area contributed by atoms with Crippen molar-refractivity contribution in [2.75, 3.05) is 5.32 Å². The van der Waals surface area contributed by atoms with Crippen LogP contribution < -0.4 is 5.32 Å². The van der Waals surface area contributed by atoms with Crippen molar-refractivity contribution >= 4 is 39.9 Å². The number of fused-ring (bicyclic) bond motifs is 1. The second-order valence-electron chi connectivity index (χ2n) is 5.55. The fourth-order valence-corrected chi connectivity index (χ4v) is 3.52. The van der Waals surface area contributed by atoms with Gasteiger partial charge in [0.2, 0.25) is 5.82 Å². The summed E-state index contributed by atoms with van der Waals surface area (Å²) in [6.07, 6.45) is 3.03. The quantitative estimate of drug-likeness (QED) is 0.303. The lowest BCUT2D eigenvalue weighted by atomic mass is 10.2. The van der Waals surface area contributed by atoms with Crippen LogP contribution in [0.15, 0.2) is 83.1 Å². The molecule has 2 aromatic heterocycles. The van der Waals surface area contributed by atoms with Gasteiger partial charge in [0.1, 0.15) is 6.33 Å². The van der Waals surface area contributed by atoms with Gasteiger partial charge in [0.05, 0.1) is 10.4 Å². The molecule has 0 aliphatic carbocycles. The van der Waals surface area contributed by atoms with Gasteiger partial charge in [-0.2, -0.15) is 0 Å². The number of rotatable bonds is 5. The summed E-state index contributed by atoms with van der Waals surface area (Å²) in [5.74, 6) is 0.143. The first-order chi connectivity index (χ1) is 13.2. The molecule has 2 heterocycles. The van der Waals surface area contributed by atoms with Gasteiger partial charge < -0.3 is 5.32 Å². The third-order valence-electron chi connectivity index (χ3n) is 3.83. The second-order valence-corrected chi connectivity index (χ2v) is 6.61. The van der Waals surface area contributed by atoms with Crippen molar-refractivity contribution in [3.8, 4) is 0 Å². The highest BCUT2D eigenvalue weighted by molar-refractivity contribution is 7.99. The van der Waals surface area contributed by atoms with Crippen LogP contribution in [0, 0.1) is 10.1 Å². The number of nitrogens with zero attached hydrogens (tertiary/aromatic N) is 4. The molecule has 0 aliphatic rings. The second kappa shape index (κ2) is 7.38. The van der Waals surface area contributed by atoms with Crippen LogP contribution in [0.1, 0.15) is 0 Å². The molecule has 0 saturated carbocycles. The number of aromatic nitrogens is 3. The van der Waals surface area contributed by atoms with Crippen LogP contribution in [0.4, 0.5) is 17.2 Å². The van der Waals surface area contributed by atoms with Gasteiger partial charge in [-0.1, -0.05) is 36.0 Å². The van der Waals surface area contributed by atoms with Crippen molar-refractivity contribution in [1.29, 1.82) is 0 Å². The molecule has 4 rings (SSSR count). The SMILES string of the molecule is O=[N+]([O-])c1c(Nc2cccc3ncccc23)ncnc1Sc1ccccc1. The maximum absolute atomic E-state index is 11.7. The predicted molar refractivity (Wildman–Crippen MR) is 104 cm³/mol. The summed E-state index contributed by atoms with van der Waals surface area (Å²) in [6, 6.07) is 18.7. The molecule has 0 amide bonds. The number of nitro groups is 1. The van der Waals surface area contributed by atoms with E-state index in [4.69, 9.17) is 0 Å². The normalized spacial score (nSPS) is 10.7. The molecule has 0 saturated heterocycles. The van der Waals surface area contributed by atoms with Crippen LogP contribution in [-0.2, 0) is 0 Å². The van der Waals surface area contributed by atoms with Crippen LogP contribution in [0.25, 0.3) is 10.9 Å². The van der Waals surface area contributed by atoms with E-state index in [1.807, 2.05) is 60.7 Å². The lowest BCUT2D eigenvalue weighted by Crippen LogP contribution is -2.03. The minimum atomic E-state index is -0.461. The molecule has 0 spiro atoms. The maximum atomic E-state index is 11.7. The molecule has 0 bridgehead atoms. The molecule has 1 N–H and O–H groups in total. The predicted octanol–water partition coefficient (Wildman–Crippen LogP) is 4.83. The average molecular weight is 375 g/mol. The van der Waals surface area contributed by atoms with Gasteiger partial charge in [0, 0.05) is 22.2 Å². The van der Waals surface area contributed by atoms with Gasteiger partial charge in [0.25, 0.3) is 0 Å². The Balaban J connectivity index is 1.76. The van der Waals surface area contributed by atoms with Gasteiger partial charge >= 0.3 is 5.69 Å². The number of anilines is 2. The molecule has 0 unspecified atom stereocenters. The highest BCUT2D eigenvalue weighted by atomic mass is 32.2. The Morgan fingerprint density at radius 1 is 0.926 bits per heavy atom. The van der Waals surface area contributed by atoms with Crippen molar-refractivity contribution in [3.05, 3.63) is 83.3 Å². The Hall–Kier alpha value is -3.52. The lowest BCUT2D eigenvalue weighted by molar-refractivity contribution is -0.387. The van der Waals surface area contributed by atoms with E-state index in [0.717, 1.165) is 15.8 Å². The first-order valence-electron chi connectivity index (χ1n) is 8.05. The van der Waals surface area contributed by atoms with Crippen LogP contribution in [0.5, 0.6) is 0 Å². The standard InChI is InChI=1S/C19H13N5O2S/c25-24(26)17-18(21-12-22-19(17)27-13-6-2-1-3-7-13)23-16-10-4-9-15-14(16)8-5-11-20-15/h1-12H,(H,21,22,23). The molecule has 7 nitrogen and oxygen atoms in total. The van der Waals surface area contributed by atoms with Crippen LogP contribution in [-0.4, -0.2) is 19.9 Å². The molecular formula is C19H13N5O2S. The summed E-state index contributed by atoms with van der Waals surface area (Å²) in [5, 5.41) is 16.0. The zero-order valence-electron chi connectivity index (χ0n) is 13.9. The fourth-order valence-electron chi connectivity index (χ4n) is 2.63. The number of hydrogen-bond donors (Lipinski definition) is 1. The van der Waals surface area contributed by atoms with E-state index < -0.39 is 4.92 Å². The summed E-state index contributed by atoms with van der Waals surface area (Å²) >= 11 is 1.23. The van der Waals surface area contributed by atoms with E-state index in [1.165, 1.54) is 18.1 Å². The molecule has 0 fully saturated rings. The molecule has 132 valence electrons. The summed E-state index contributed by atoms with van der Waals surface area (Å²) in [4.78, 5) is 24.7. The third-order valence-corrected chi connectivity index (χ3v) is 4.83. The van der Waals surface area contributed by atoms with E-state index in [-0.39, 0.29) is 16.5 Å². The van der Waals surface area contributed by atoms with Crippen molar-refractivity contribution in [2.45, 2.75) is 9.92 Å². The topological polar surface area (TPSA) is 93.8 Å². The van der Waals surface area contributed by atoms with Crippen molar-refractivity contribution in [3.63, 3.8) is 0 Å². The third kappa shape index (κ3) is 3.56. The van der Waals surface area contributed by atoms with Gasteiger partial charge in [-0.3, -0.25) is 15.1 Å². The number of hydrogen-bond acceptors (Lipinski definition) is 7. The fraction of sp³-hybridized carbons (Fsp3) is 0. The molecular weight excluding hydrogens is 362 g/mol. The Morgan fingerprint density at radius 3 is 2.59 bits per heavy atom. The smallest absolute Gasteiger partial charge is 0.334 e. The van der Waals surface area contributed by atoms with E-state index in [9.17, 15) is 10.1 Å². The molecule has 27 heavy (non-hydrogen) atoms. The van der Waals surface area contributed by atoms with Crippen molar-refractivity contribution in [1.82, 2.24) is 15.0 Å². The van der Waals surface area contributed by atoms with Crippen molar-refractivity contribution in [2.24, 2.45) is 0 Å². The monoisotopic (exact) mass is 375 g/mol. The molecule has 4 aromatic rings. The van der Waals surface area contributed by atoms with E-state index in [1.54, 1.807) is 6.20 Å². The minimum absolute atomic E-state index is 0.143. The van der Waals surface area contributed by atoms with Gasteiger partial charge in [-0.05, 0) is 36.4 Å². The first-order valence-corrected chi connectivity index (χ1v) is 8.87. The van der Waals surface area contributed by atoms with Crippen molar-refractivity contribution < 1.29 is 4.92 Å². The lowest BCUT2D eigenvalue weighted by Gasteiger charge is -2.10. The average Bonchev–Trinajstić information content (AvgIpc) is 2.69. The Morgan fingerprint density at radius 2 is 1.78 bits per heavy atom. The van der Waals surface area contributed by atoms with E-state index in [0.29, 0.717) is 5.69 Å².